The molecule has 0 radical (unpaired) electrons. The summed E-state index contributed by atoms with van der Waals surface area (Å²) in [7, 11) is 0. The second-order valence-corrected chi connectivity index (χ2v) is 6.42. The van der Waals surface area contributed by atoms with Crippen molar-refractivity contribution in [1.82, 2.24) is 10.6 Å². The van der Waals surface area contributed by atoms with E-state index in [0.29, 0.717) is 28.9 Å². The van der Waals surface area contributed by atoms with Crippen molar-refractivity contribution in [2.45, 2.75) is 39.2 Å². The van der Waals surface area contributed by atoms with Gasteiger partial charge in [0.1, 0.15) is 0 Å². The number of benzene rings is 1. The van der Waals surface area contributed by atoms with Crippen LogP contribution in [0.15, 0.2) is 18.2 Å². The van der Waals surface area contributed by atoms with Crippen molar-refractivity contribution in [1.29, 1.82) is 0 Å². The van der Waals surface area contributed by atoms with Crippen LogP contribution in [-0.2, 0) is 4.79 Å². The lowest BCUT2D eigenvalue weighted by atomic mass is 9.92. The maximum absolute atomic E-state index is 12.3. The molecule has 2 atom stereocenters. The van der Waals surface area contributed by atoms with E-state index in [2.05, 4.69) is 22.9 Å². The van der Waals surface area contributed by atoms with Gasteiger partial charge in [-0.3, -0.25) is 9.59 Å². The van der Waals surface area contributed by atoms with Gasteiger partial charge in [-0.1, -0.05) is 18.5 Å². The van der Waals surface area contributed by atoms with Gasteiger partial charge in [-0.15, -0.1) is 12.4 Å². The van der Waals surface area contributed by atoms with E-state index in [-0.39, 0.29) is 30.1 Å². The van der Waals surface area contributed by atoms with Crippen molar-refractivity contribution in [2.24, 2.45) is 5.92 Å². The van der Waals surface area contributed by atoms with Gasteiger partial charge in [-0.25, -0.2) is 0 Å². The first kappa shape index (κ1) is 20.7. The topological polar surface area (TPSA) is 70.2 Å². The molecule has 3 N–H and O–H groups in total. The lowest BCUT2D eigenvalue weighted by Gasteiger charge is -2.27. The zero-order valence-electron chi connectivity index (χ0n) is 14.0. The number of hydrogen-bond donors (Lipinski definition) is 3. The minimum atomic E-state index is -0.193. The Bertz CT molecular complexity index is 581. The predicted octanol–water partition coefficient (Wildman–Crippen LogP) is 3.23. The number of halogens is 2. The van der Waals surface area contributed by atoms with E-state index < -0.39 is 0 Å². The lowest BCUT2D eigenvalue weighted by molar-refractivity contribution is -0.120. The summed E-state index contributed by atoms with van der Waals surface area (Å²) in [6.07, 6.45) is 2.53. The summed E-state index contributed by atoms with van der Waals surface area (Å²) in [6.45, 7) is 5.54. The zero-order chi connectivity index (χ0) is 16.8. The number of piperidine rings is 1. The van der Waals surface area contributed by atoms with Crippen LogP contribution in [0.2, 0.25) is 5.02 Å². The molecule has 134 valence electrons. The predicted molar refractivity (Wildman–Crippen MR) is 100 cm³/mol. The highest BCUT2D eigenvalue weighted by atomic mass is 35.5. The van der Waals surface area contributed by atoms with E-state index in [1.807, 2.05) is 6.92 Å². The molecule has 2 amide bonds. The summed E-state index contributed by atoms with van der Waals surface area (Å²) in [5, 5.41) is 9.36. The monoisotopic (exact) mass is 373 g/mol. The summed E-state index contributed by atoms with van der Waals surface area (Å²) in [5.41, 5.74) is 1.05. The highest BCUT2D eigenvalue weighted by Gasteiger charge is 2.24. The molecule has 0 aromatic heterocycles. The number of nitrogens with one attached hydrogen (secondary N) is 3. The normalized spacial score (nSPS) is 20.0. The van der Waals surface area contributed by atoms with Crippen LogP contribution in [0, 0.1) is 5.92 Å². The number of amides is 2. The molecule has 0 bridgehead atoms. The molecule has 1 heterocycles. The Morgan fingerprint density at radius 2 is 2.12 bits per heavy atom. The first-order valence-corrected chi connectivity index (χ1v) is 8.51. The van der Waals surface area contributed by atoms with Crippen molar-refractivity contribution in [3.8, 4) is 0 Å². The molecule has 5 nitrogen and oxygen atoms in total. The smallest absolute Gasteiger partial charge is 0.252 e. The third-order valence-electron chi connectivity index (χ3n) is 4.01. The fourth-order valence-electron chi connectivity index (χ4n) is 2.73. The average Bonchev–Trinajstić information content (AvgIpc) is 2.52. The molecule has 1 fully saturated rings. The number of rotatable bonds is 5. The van der Waals surface area contributed by atoms with Crippen LogP contribution < -0.4 is 16.0 Å². The van der Waals surface area contributed by atoms with Crippen molar-refractivity contribution >= 4 is 41.5 Å². The van der Waals surface area contributed by atoms with Crippen LogP contribution in [0.1, 0.15) is 43.5 Å². The minimum absolute atomic E-state index is 0. The second-order valence-electron chi connectivity index (χ2n) is 6.02. The van der Waals surface area contributed by atoms with Crippen molar-refractivity contribution < 1.29 is 9.59 Å². The molecule has 0 aliphatic carbocycles. The molecule has 0 saturated carbocycles. The van der Waals surface area contributed by atoms with E-state index in [0.717, 1.165) is 25.8 Å². The maximum Gasteiger partial charge on any atom is 0.252 e. The van der Waals surface area contributed by atoms with Gasteiger partial charge in [0.25, 0.3) is 5.91 Å². The molecule has 1 aromatic rings. The first-order chi connectivity index (χ1) is 11.0. The highest BCUT2D eigenvalue weighted by molar-refractivity contribution is 6.34. The van der Waals surface area contributed by atoms with Crippen LogP contribution in [0.25, 0.3) is 0 Å². The number of hydrogen-bond acceptors (Lipinski definition) is 3. The van der Waals surface area contributed by atoms with Gasteiger partial charge in [-0.05, 0) is 50.9 Å². The summed E-state index contributed by atoms with van der Waals surface area (Å²) < 4.78 is 0. The Labute approximate surface area is 154 Å². The highest BCUT2D eigenvalue weighted by Crippen LogP contribution is 2.23. The largest absolute Gasteiger partial charge is 0.352 e. The molecular weight excluding hydrogens is 349 g/mol. The molecule has 0 spiro atoms. The Balaban J connectivity index is 0.00000288. The lowest BCUT2D eigenvalue weighted by Crippen LogP contribution is -2.40. The van der Waals surface area contributed by atoms with Gasteiger partial charge >= 0.3 is 0 Å². The van der Waals surface area contributed by atoms with Gasteiger partial charge in [-0.2, -0.15) is 0 Å². The third-order valence-corrected chi connectivity index (χ3v) is 4.32. The summed E-state index contributed by atoms with van der Waals surface area (Å²) in [5.74, 6) is -0.169. The van der Waals surface area contributed by atoms with Crippen LogP contribution >= 0.6 is 24.0 Å². The van der Waals surface area contributed by atoms with Gasteiger partial charge in [0.2, 0.25) is 5.91 Å². The number of anilines is 1. The van der Waals surface area contributed by atoms with E-state index in [1.54, 1.807) is 18.2 Å². The molecule has 24 heavy (non-hydrogen) atoms. The third kappa shape index (κ3) is 5.65. The molecule has 1 saturated heterocycles. The van der Waals surface area contributed by atoms with Crippen molar-refractivity contribution in [3.05, 3.63) is 28.8 Å². The summed E-state index contributed by atoms with van der Waals surface area (Å²) in [4.78, 5) is 24.3. The molecule has 1 aromatic carbocycles. The molecule has 1 aliphatic heterocycles. The minimum Gasteiger partial charge on any atom is -0.352 e. The van der Waals surface area contributed by atoms with Crippen molar-refractivity contribution in [2.75, 3.05) is 18.4 Å². The fourth-order valence-corrected chi connectivity index (χ4v) is 2.99. The van der Waals surface area contributed by atoms with Crippen LogP contribution in [0.5, 0.6) is 0 Å². The van der Waals surface area contributed by atoms with Crippen LogP contribution in [-0.4, -0.2) is 30.9 Å². The first-order valence-electron chi connectivity index (χ1n) is 8.13. The van der Waals surface area contributed by atoms with E-state index in [4.69, 9.17) is 11.6 Å². The molecule has 7 heteroatoms. The number of carbonyl (C=O) groups excluding carboxylic acids is 2. The van der Waals surface area contributed by atoms with Gasteiger partial charge in [0.15, 0.2) is 0 Å². The van der Waals surface area contributed by atoms with Gasteiger partial charge in [0.05, 0.1) is 10.6 Å². The van der Waals surface area contributed by atoms with E-state index in [9.17, 15) is 9.59 Å². The van der Waals surface area contributed by atoms with Crippen LogP contribution in [0.3, 0.4) is 0 Å². The zero-order valence-corrected chi connectivity index (χ0v) is 15.6. The standard InChI is InChI=1S/C17H24ClN3O2.ClH/c1-3-7-20-17(23)14-5-4-13(10-15(14)18)21-16(22)12-6-8-19-11(2)9-12;/h4-5,10-12,19H,3,6-9H2,1-2H3,(H,20,23)(H,21,22);1H/t11-,12-;/m0./s1. The Morgan fingerprint density at radius 3 is 2.75 bits per heavy atom. The Morgan fingerprint density at radius 1 is 1.38 bits per heavy atom. The fraction of sp³-hybridized carbons (Fsp3) is 0.529. The average molecular weight is 374 g/mol. The summed E-state index contributed by atoms with van der Waals surface area (Å²) in [6, 6.07) is 5.35. The molecule has 2 rings (SSSR count). The van der Waals surface area contributed by atoms with E-state index in [1.165, 1.54) is 0 Å². The van der Waals surface area contributed by atoms with Gasteiger partial charge in [0, 0.05) is 24.2 Å². The van der Waals surface area contributed by atoms with E-state index >= 15 is 0 Å². The number of carbonyl (C=O) groups is 2. The molecule has 1 aliphatic rings. The SMILES string of the molecule is CCCNC(=O)c1ccc(NC(=O)[C@H]2CCN[C@@H](C)C2)cc1Cl.Cl. The summed E-state index contributed by atoms with van der Waals surface area (Å²) >= 11 is 6.17. The molecule has 0 unspecified atom stereocenters. The maximum atomic E-state index is 12.3. The van der Waals surface area contributed by atoms with Crippen molar-refractivity contribution in [3.63, 3.8) is 0 Å². The van der Waals surface area contributed by atoms with Gasteiger partial charge < -0.3 is 16.0 Å². The quantitative estimate of drug-likeness (QED) is 0.741. The Hall–Kier alpha value is -1.30. The second kappa shape index (κ2) is 9.87. The van der Waals surface area contributed by atoms with Crippen LogP contribution in [0.4, 0.5) is 5.69 Å². The Kier molecular flexibility index (Phi) is 8.53. The molecular formula is C17H25Cl2N3O2.